The SMILES string of the molecule is N#CN1C[C@@H](c2c(NC(=O)N3CCCC3)cccc2OC(F)(F)F)C[C@H]1Cn1cccn1. The summed E-state index contributed by atoms with van der Waals surface area (Å²) in [5.41, 5.74) is 0.520. The Morgan fingerprint density at radius 3 is 2.72 bits per heavy atom. The van der Waals surface area contributed by atoms with E-state index in [0.29, 0.717) is 26.1 Å². The van der Waals surface area contributed by atoms with E-state index in [1.54, 1.807) is 39.0 Å². The molecule has 170 valence electrons. The van der Waals surface area contributed by atoms with Crippen molar-refractivity contribution in [3.05, 3.63) is 42.2 Å². The average molecular weight is 448 g/mol. The number of nitriles is 1. The molecule has 2 atom stereocenters. The van der Waals surface area contributed by atoms with Gasteiger partial charge in [-0.3, -0.25) is 4.68 Å². The molecule has 1 aromatic carbocycles. The number of benzene rings is 1. The van der Waals surface area contributed by atoms with E-state index in [2.05, 4.69) is 21.3 Å². The molecule has 32 heavy (non-hydrogen) atoms. The first-order valence-electron chi connectivity index (χ1n) is 10.4. The number of nitrogens with zero attached hydrogens (tertiary/aromatic N) is 5. The summed E-state index contributed by atoms with van der Waals surface area (Å²) in [7, 11) is 0. The Morgan fingerprint density at radius 2 is 2.06 bits per heavy atom. The number of carbonyl (C=O) groups excluding carboxylic acids is 1. The maximum atomic E-state index is 13.1. The van der Waals surface area contributed by atoms with Gasteiger partial charge in [-0.05, 0) is 37.5 Å². The fourth-order valence-corrected chi connectivity index (χ4v) is 4.45. The van der Waals surface area contributed by atoms with E-state index < -0.39 is 12.3 Å². The Labute approximate surface area is 183 Å². The summed E-state index contributed by atoms with van der Waals surface area (Å²) < 4.78 is 45.4. The van der Waals surface area contributed by atoms with Gasteiger partial charge in [-0.1, -0.05) is 6.07 Å². The fraction of sp³-hybridized carbons (Fsp3) is 0.476. The summed E-state index contributed by atoms with van der Waals surface area (Å²) in [5.74, 6) is -0.804. The van der Waals surface area contributed by atoms with Crippen LogP contribution in [0.2, 0.25) is 0 Å². The first-order valence-corrected chi connectivity index (χ1v) is 10.4. The molecule has 1 aromatic heterocycles. The van der Waals surface area contributed by atoms with Crippen molar-refractivity contribution >= 4 is 11.7 Å². The van der Waals surface area contributed by atoms with E-state index in [0.717, 1.165) is 12.8 Å². The summed E-state index contributed by atoms with van der Waals surface area (Å²) in [4.78, 5) is 15.8. The van der Waals surface area contributed by atoms with Crippen LogP contribution in [0.5, 0.6) is 5.75 Å². The number of ether oxygens (including phenoxy) is 1. The number of hydrogen-bond donors (Lipinski definition) is 1. The van der Waals surface area contributed by atoms with Gasteiger partial charge in [0.2, 0.25) is 0 Å². The molecule has 1 N–H and O–H groups in total. The number of amides is 2. The molecular formula is C21H23F3N6O2. The summed E-state index contributed by atoms with van der Waals surface area (Å²) in [6.45, 7) is 1.86. The van der Waals surface area contributed by atoms with Gasteiger partial charge in [0.05, 0.1) is 12.6 Å². The lowest BCUT2D eigenvalue weighted by Gasteiger charge is -2.23. The van der Waals surface area contributed by atoms with E-state index in [4.69, 9.17) is 0 Å². The second-order valence-electron chi connectivity index (χ2n) is 7.96. The first-order chi connectivity index (χ1) is 15.3. The number of anilines is 1. The molecule has 2 aliphatic rings. The molecule has 3 heterocycles. The number of aromatic nitrogens is 2. The van der Waals surface area contributed by atoms with Crippen LogP contribution in [0.4, 0.5) is 23.7 Å². The number of carbonyl (C=O) groups is 1. The van der Waals surface area contributed by atoms with Gasteiger partial charge < -0.3 is 19.9 Å². The van der Waals surface area contributed by atoms with Crippen LogP contribution in [0, 0.1) is 11.5 Å². The minimum Gasteiger partial charge on any atom is -0.405 e. The molecular weight excluding hydrogens is 425 g/mol. The summed E-state index contributed by atoms with van der Waals surface area (Å²) in [5, 5.41) is 16.5. The number of nitrogens with one attached hydrogen (secondary N) is 1. The molecule has 4 rings (SSSR count). The van der Waals surface area contributed by atoms with Gasteiger partial charge in [0.15, 0.2) is 6.19 Å². The molecule has 2 saturated heterocycles. The van der Waals surface area contributed by atoms with Crippen LogP contribution in [0.15, 0.2) is 36.7 Å². The number of rotatable bonds is 5. The van der Waals surface area contributed by atoms with Gasteiger partial charge in [-0.2, -0.15) is 10.4 Å². The Kier molecular flexibility index (Phi) is 6.12. The Morgan fingerprint density at radius 1 is 1.28 bits per heavy atom. The highest BCUT2D eigenvalue weighted by Crippen LogP contribution is 2.42. The topological polar surface area (TPSA) is 86.4 Å². The van der Waals surface area contributed by atoms with Crippen molar-refractivity contribution < 1.29 is 22.7 Å². The van der Waals surface area contributed by atoms with Crippen molar-refractivity contribution in [3.8, 4) is 11.9 Å². The molecule has 0 saturated carbocycles. The normalized spacial score (nSPS) is 20.9. The van der Waals surface area contributed by atoms with Crippen molar-refractivity contribution in [3.63, 3.8) is 0 Å². The highest BCUT2D eigenvalue weighted by molar-refractivity contribution is 5.91. The van der Waals surface area contributed by atoms with E-state index >= 15 is 0 Å². The van der Waals surface area contributed by atoms with E-state index in [9.17, 15) is 23.2 Å². The van der Waals surface area contributed by atoms with E-state index in [1.807, 2.05) is 0 Å². The average Bonchev–Trinajstić information content (AvgIpc) is 3.49. The maximum absolute atomic E-state index is 13.1. The number of halogens is 3. The van der Waals surface area contributed by atoms with Crippen LogP contribution in [0.3, 0.4) is 0 Å². The fourth-order valence-electron chi connectivity index (χ4n) is 4.45. The predicted molar refractivity (Wildman–Crippen MR) is 109 cm³/mol. The van der Waals surface area contributed by atoms with Crippen LogP contribution in [0.25, 0.3) is 0 Å². The maximum Gasteiger partial charge on any atom is 0.573 e. The molecule has 0 aliphatic carbocycles. The van der Waals surface area contributed by atoms with Gasteiger partial charge in [-0.15, -0.1) is 13.2 Å². The van der Waals surface area contributed by atoms with Gasteiger partial charge in [0, 0.05) is 49.2 Å². The number of alkyl halides is 3. The molecule has 2 aromatic rings. The molecule has 0 spiro atoms. The lowest BCUT2D eigenvalue weighted by Crippen LogP contribution is -2.32. The molecule has 0 unspecified atom stereocenters. The lowest BCUT2D eigenvalue weighted by molar-refractivity contribution is -0.274. The van der Waals surface area contributed by atoms with E-state index in [-0.39, 0.29) is 35.6 Å². The van der Waals surface area contributed by atoms with Gasteiger partial charge >= 0.3 is 12.4 Å². The van der Waals surface area contributed by atoms with Gasteiger partial charge in [0.25, 0.3) is 0 Å². The predicted octanol–water partition coefficient (Wildman–Crippen LogP) is 3.75. The second-order valence-corrected chi connectivity index (χ2v) is 7.96. The molecule has 2 fully saturated rings. The zero-order valence-electron chi connectivity index (χ0n) is 17.3. The Bertz CT molecular complexity index is 982. The zero-order valence-corrected chi connectivity index (χ0v) is 17.3. The third kappa shape index (κ3) is 4.90. The first kappa shape index (κ1) is 21.8. The number of likely N-dealkylation sites (tertiary alicyclic amines) is 2. The molecule has 2 aliphatic heterocycles. The van der Waals surface area contributed by atoms with Crippen molar-refractivity contribution in [2.75, 3.05) is 25.0 Å². The largest absolute Gasteiger partial charge is 0.573 e. The minimum atomic E-state index is -4.88. The van der Waals surface area contributed by atoms with Crippen molar-refractivity contribution in [1.29, 1.82) is 5.26 Å². The minimum absolute atomic E-state index is 0.216. The van der Waals surface area contributed by atoms with Gasteiger partial charge in [0.1, 0.15) is 5.75 Å². The molecule has 8 nitrogen and oxygen atoms in total. The highest BCUT2D eigenvalue weighted by Gasteiger charge is 2.39. The Hall–Kier alpha value is -3.42. The summed E-state index contributed by atoms with van der Waals surface area (Å²) in [6, 6.07) is 5.40. The molecule has 0 radical (unpaired) electrons. The highest BCUT2D eigenvalue weighted by atomic mass is 19.4. The van der Waals surface area contributed by atoms with Crippen LogP contribution in [-0.4, -0.2) is 57.6 Å². The van der Waals surface area contributed by atoms with Crippen molar-refractivity contribution in [2.45, 2.75) is 44.1 Å². The zero-order chi connectivity index (χ0) is 22.7. The number of hydrogen-bond acceptors (Lipinski definition) is 5. The quantitative estimate of drug-likeness (QED) is 0.704. The summed E-state index contributed by atoms with van der Waals surface area (Å²) >= 11 is 0. The van der Waals surface area contributed by atoms with Crippen molar-refractivity contribution in [2.24, 2.45) is 0 Å². The number of urea groups is 1. The van der Waals surface area contributed by atoms with Crippen LogP contribution < -0.4 is 10.1 Å². The Balaban J connectivity index is 1.63. The molecule has 11 heteroatoms. The molecule has 2 amide bonds. The monoisotopic (exact) mass is 448 g/mol. The third-order valence-electron chi connectivity index (χ3n) is 5.83. The van der Waals surface area contributed by atoms with Crippen LogP contribution in [0.1, 0.15) is 30.7 Å². The second kappa shape index (κ2) is 8.98. The van der Waals surface area contributed by atoms with E-state index in [1.165, 1.54) is 12.1 Å². The molecule has 0 bridgehead atoms. The van der Waals surface area contributed by atoms with Crippen molar-refractivity contribution in [1.82, 2.24) is 19.6 Å². The van der Waals surface area contributed by atoms with Gasteiger partial charge in [-0.25, -0.2) is 4.79 Å². The lowest BCUT2D eigenvalue weighted by atomic mass is 9.93. The smallest absolute Gasteiger partial charge is 0.405 e. The van der Waals surface area contributed by atoms with Crippen LogP contribution in [-0.2, 0) is 6.54 Å². The van der Waals surface area contributed by atoms with Crippen LogP contribution >= 0.6 is 0 Å². The standard InChI is InChI=1S/C21H23F3N6O2/c22-21(23,24)32-18-6-3-5-17(27-20(31)28-8-1-2-9-28)19(18)15-11-16(29(12-15)14-25)13-30-10-4-7-26-30/h3-7,10,15-16H,1-2,8-9,11-13H2,(H,27,31)/t15-,16-/m0/s1. The summed E-state index contributed by atoms with van der Waals surface area (Å²) in [6.07, 6.45) is 2.85. The third-order valence-corrected chi connectivity index (χ3v) is 5.83.